The SMILES string of the molecule is CCN(C(=O)c1ccc([N+](=O)[O-])[nH]1)C(C)(C)C(=O)O. The van der Waals surface area contributed by atoms with Crippen LogP contribution in [0.1, 0.15) is 31.3 Å². The highest BCUT2D eigenvalue weighted by Crippen LogP contribution is 2.19. The van der Waals surface area contributed by atoms with Gasteiger partial charge < -0.3 is 20.1 Å². The molecule has 0 radical (unpaired) electrons. The minimum Gasteiger partial charge on any atom is -0.480 e. The minimum absolute atomic E-state index is 0.0112. The van der Waals surface area contributed by atoms with Gasteiger partial charge in [0.2, 0.25) is 0 Å². The summed E-state index contributed by atoms with van der Waals surface area (Å²) < 4.78 is 0. The number of amides is 1. The highest BCUT2D eigenvalue weighted by atomic mass is 16.6. The van der Waals surface area contributed by atoms with Crippen molar-refractivity contribution in [3.05, 3.63) is 27.9 Å². The molecule has 0 saturated heterocycles. The van der Waals surface area contributed by atoms with Gasteiger partial charge in [0.1, 0.15) is 5.54 Å². The molecule has 1 heterocycles. The van der Waals surface area contributed by atoms with Gasteiger partial charge in [-0.2, -0.15) is 0 Å². The Kier molecular flexibility index (Phi) is 3.93. The Balaban J connectivity index is 3.08. The van der Waals surface area contributed by atoms with Crippen molar-refractivity contribution >= 4 is 17.7 Å². The standard InChI is InChI=1S/C11H15N3O5/c1-4-13(11(2,3)10(16)17)9(15)7-5-6-8(12-7)14(18)19/h5-6,12H,4H2,1-3H3,(H,16,17). The van der Waals surface area contributed by atoms with Gasteiger partial charge in [-0.15, -0.1) is 0 Å². The molecular formula is C11H15N3O5. The molecule has 0 saturated carbocycles. The van der Waals surface area contributed by atoms with E-state index in [-0.39, 0.29) is 18.1 Å². The van der Waals surface area contributed by atoms with E-state index in [1.807, 2.05) is 0 Å². The number of aromatic amines is 1. The van der Waals surface area contributed by atoms with E-state index in [0.29, 0.717) is 0 Å². The number of nitrogens with one attached hydrogen (secondary N) is 1. The molecule has 2 N–H and O–H groups in total. The summed E-state index contributed by atoms with van der Waals surface area (Å²) in [5, 5.41) is 19.7. The van der Waals surface area contributed by atoms with Crippen LogP contribution >= 0.6 is 0 Å². The third-order valence-electron chi connectivity index (χ3n) is 2.86. The van der Waals surface area contributed by atoms with Gasteiger partial charge in [0.25, 0.3) is 5.91 Å². The number of nitro groups is 1. The number of hydrogen-bond acceptors (Lipinski definition) is 4. The van der Waals surface area contributed by atoms with Gasteiger partial charge >= 0.3 is 11.8 Å². The summed E-state index contributed by atoms with van der Waals surface area (Å²) in [5.74, 6) is -2.06. The van der Waals surface area contributed by atoms with Crippen LogP contribution in [0, 0.1) is 10.1 Å². The van der Waals surface area contributed by atoms with Crippen molar-refractivity contribution < 1.29 is 19.6 Å². The number of carbonyl (C=O) groups excluding carboxylic acids is 1. The van der Waals surface area contributed by atoms with Gasteiger partial charge in [-0.25, -0.2) is 9.78 Å². The molecule has 0 fully saturated rings. The molecule has 1 amide bonds. The molecule has 0 aliphatic carbocycles. The lowest BCUT2D eigenvalue weighted by atomic mass is 10.0. The molecule has 0 bridgehead atoms. The Morgan fingerprint density at radius 1 is 1.47 bits per heavy atom. The van der Waals surface area contributed by atoms with Gasteiger partial charge in [-0.3, -0.25) is 4.79 Å². The number of aliphatic carboxylic acids is 1. The monoisotopic (exact) mass is 269 g/mol. The van der Waals surface area contributed by atoms with Crippen LogP contribution in [-0.2, 0) is 4.79 Å². The predicted octanol–water partition coefficient (Wildman–Crippen LogP) is 1.25. The first-order chi connectivity index (χ1) is 8.71. The number of carbonyl (C=O) groups is 2. The molecule has 19 heavy (non-hydrogen) atoms. The van der Waals surface area contributed by atoms with Crippen LogP contribution in [0.25, 0.3) is 0 Å². The fraction of sp³-hybridized carbons (Fsp3) is 0.455. The number of H-pyrrole nitrogens is 1. The molecule has 0 aliphatic rings. The van der Waals surface area contributed by atoms with E-state index in [0.717, 1.165) is 11.0 Å². The Labute approximate surface area is 109 Å². The summed E-state index contributed by atoms with van der Waals surface area (Å²) >= 11 is 0. The summed E-state index contributed by atoms with van der Waals surface area (Å²) in [6.07, 6.45) is 0. The van der Waals surface area contributed by atoms with Gasteiger partial charge in [-0.05, 0) is 31.8 Å². The molecule has 0 atom stereocenters. The van der Waals surface area contributed by atoms with E-state index < -0.39 is 22.3 Å². The third kappa shape index (κ3) is 2.72. The quantitative estimate of drug-likeness (QED) is 0.616. The van der Waals surface area contributed by atoms with Crippen LogP contribution in [0.4, 0.5) is 5.82 Å². The molecule has 0 spiro atoms. The highest BCUT2D eigenvalue weighted by molar-refractivity contribution is 5.96. The lowest BCUT2D eigenvalue weighted by Gasteiger charge is -2.33. The molecule has 0 aliphatic heterocycles. The van der Waals surface area contributed by atoms with Crippen LogP contribution in [-0.4, -0.2) is 43.9 Å². The Morgan fingerprint density at radius 3 is 2.42 bits per heavy atom. The molecule has 8 heteroatoms. The van der Waals surface area contributed by atoms with Crippen molar-refractivity contribution in [1.82, 2.24) is 9.88 Å². The zero-order chi connectivity index (χ0) is 14.8. The normalized spacial score (nSPS) is 11.1. The van der Waals surface area contributed by atoms with E-state index in [4.69, 9.17) is 5.11 Å². The van der Waals surface area contributed by atoms with Gasteiger partial charge in [-0.1, -0.05) is 0 Å². The number of carboxylic acid groups (broad SMARTS) is 1. The molecule has 0 aromatic carbocycles. The number of aromatic nitrogens is 1. The second-order valence-electron chi connectivity index (χ2n) is 4.43. The zero-order valence-electron chi connectivity index (χ0n) is 10.8. The summed E-state index contributed by atoms with van der Waals surface area (Å²) in [5.41, 5.74) is -1.41. The maximum Gasteiger partial charge on any atom is 0.329 e. The lowest BCUT2D eigenvalue weighted by molar-refractivity contribution is -0.389. The molecule has 0 unspecified atom stereocenters. The van der Waals surface area contributed by atoms with Crippen LogP contribution in [0.15, 0.2) is 12.1 Å². The predicted molar refractivity (Wildman–Crippen MR) is 65.9 cm³/mol. The first-order valence-corrected chi connectivity index (χ1v) is 5.60. The Morgan fingerprint density at radius 2 is 2.05 bits per heavy atom. The molecule has 1 aromatic rings. The van der Waals surface area contributed by atoms with Crippen molar-refractivity contribution in [2.45, 2.75) is 26.3 Å². The van der Waals surface area contributed by atoms with E-state index in [2.05, 4.69) is 4.98 Å². The highest BCUT2D eigenvalue weighted by Gasteiger charge is 2.38. The lowest BCUT2D eigenvalue weighted by Crippen LogP contribution is -2.53. The number of hydrogen-bond donors (Lipinski definition) is 2. The van der Waals surface area contributed by atoms with Crippen molar-refractivity contribution in [2.75, 3.05) is 6.54 Å². The van der Waals surface area contributed by atoms with Crippen LogP contribution in [0.3, 0.4) is 0 Å². The largest absolute Gasteiger partial charge is 0.480 e. The van der Waals surface area contributed by atoms with Gasteiger partial charge in [0, 0.05) is 12.6 Å². The average Bonchev–Trinajstić information content (AvgIpc) is 2.78. The fourth-order valence-electron chi connectivity index (χ4n) is 1.67. The van der Waals surface area contributed by atoms with Crippen molar-refractivity contribution in [3.63, 3.8) is 0 Å². The minimum atomic E-state index is -1.40. The summed E-state index contributed by atoms with van der Waals surface area (Å²) in [4.78, 5) is 36.7. The molecule has 8 nitrogen and oxygen atoms in total. The smallest absolute Gasteiger partial charge is 0.329 e. The van der Waals surface area contributed by atoms with Crippen LogP contribution < -0.4 is 0 Å². The second kappa shape index (κ2) is 5.09. The topological polar surface area (TPSA) is 117 Å². The first-order valence-electron chi connectivity index (χ1n) is 5.60. The van der Waals surface area contributed by atoms with E-state index in [9.17, 15) is 19.7 Å². The Hall–Kier alpha value is -2.38. The van der Waals surface area contributed by atoms with Gasteiger partial charge in [0.15, 0.2) is 5.69 Å². The first kappa shape index (κ1) is 14.7. The fourth-order valence-corrected chi connectivity index (χ4v) is 1.67. The molecule has 1 aromatic heterocycles. The van der Waals surface area contributed by atoms with Crippen molar-refractivity contribution in [1.29, 1.82) is 0 Å². The average molecular weight is 269 g/mol. The molecule has 104 valence electrons. The summed E-state index contributed by atoms with van der Waals surface area (Å²) in [6.45, 7) is 4.60. The molecule has 1 rings (SSSR count). The zero-order valence-corrected chi connectivity index (χ0v) is 10.8. The second-order valence-corrected chi connectivity index (χ2v) is 4.43. The maximum absolute atomic E-state index is 12.2. The number of likely N-dealkylation sites (N-methyl/N-ethyl adjacent to an activating group) is 1. The van der Waals surface area contributed by atoms with Crippen molar-refractivity contribution in [2.24, 2.45) is 0 Å². The van der Waals surface area contributed by atoms with Crippen LogP contribution in [0.5, 0.6) is 0 Å². The number of rotatable bonds is 5. The van der Waals surface area contributed by atoms with Gasteiger partial charge in [0.05, 0.1) is 0 Å². The summed E-state index contributed by atoms with van der Waals surface area (Å²) in [6, 6.07) is 2.43. The van der Waals surface area contributed by atoms with E-state index >= 15 is 0 Å². The molecular weight excluding hydrogens is 254 g/mol. The van der Waals surface area contributed by atoms with E-state index in [1.54, 1.807) is 6.92 Å². The maximum atomic E-state index is 12.2. The Bertz CT molecular complexity index is 520. The third-order valence-corrected chi connectivity index (χ3v) is 2.86. The van der Waals surface area contributed by atoms with Crippen molar-refractivity contribution in [3.8, 4) is 0 Å². The number of carboxylic acids is 1. The van der Waals surface area contributed by atoms with E-state index in [1.165, 1.54) is 19.9 Å². The van der Waals surface area contributed by atoms with Crippen LogP contribution in [0.2, 0.25) is 0 Å². The summed E-state index contributed by atoms with van der Waals surface area (Å²) in [7, 11) is 0. The number of nitrogens with zero attached hydrogens (tertiary/aromatic N) is 2.